The third-order valence-electron chi connectivity index (χ3n) is 3.58. The Bertz CT molecular complexity index is 548. The lowest BCUT2D eigenvalue weighted by molar-refractivity contribution is 0.180. The Morgan fingerprint density at radius 3 is 2.90 bits per heavy atom. The highest BCUT2D eigenvalue weighted by Gasteiger charge is 2.28. The molecule has 1 saturated heterocycles. The number of rotatable bonds is 6. The Kier molecular flexibility index (Phi) is 5.19. The maximum atomic E-state index is 12.5. The highest BCUT2D eigenvalue weighted by molar-refractivity contribution is 7.89. The smallest absolute Gasteiger partial charge is 0.241 e. The number of hydrogen-bond donors (Lipinski definition) is 2. The average Bonchev–Trinajstić information content (AvgIpc) is 2.98. The van der Waals surface area contributed by atoms with Crippen molar-refractivity contribution in [3.63, 3.8) is 0 Å². The van der Waals surface area contributed by atoms with Gasteiger partial charge in [-0.3, -0.25) is 0 Å². The van der Waals surface area contributed by atoms with Crippen LogP contribution in [0.2, 0.25) is 0 Å². The van der Waals surface area contributed by atoms with Gasteiger partial charge >= 0.3 is 0 Å². The van der Waals surface area contributed by atoms with Crippen molar-refractivity contribution in [1.29, 1.82) is 0 Å². The molecule has 0 saturated carbocycles. The molecular formula is C13H22N2O3S2. The molecule has 0 radical (unpaired) electrons. The van der Waals surface area contributed by atoms with Crippen LogP contribution in [-0.4, -0.2) is 34.7 Å². The van der Waals surface area contributed by atoms with Gasteiger partial charge in [-0.1, -0.05) is 0 Å². The second-order valence-corrected chi connectivity index (χ2v) is 8.22. The monoisotopic (exact) mass is 318 g/mol. The van der Waals surface area contributed by atoms with Crippen molar-refractivity contribution < 1.29 is 13.2 Å². The maximum absolute atomic E-state index is 12.5. The standard InChI is InChI=1S/C13H22N2O3S2/c1-9(11-4-5-18-8-11)15-20(16,17)13-6-12(7-14-3)19-10(13)2/h6,9,11,14-15H,4-5,7-8H2,1-3H3. The van der Waals surface area contributed by atoms with Crippen molar-refractivity contribution in [2.75, 3.05) is 20.3 Å². The summed E-state index contributed by atoms with van der Waals surface area (Å²) in [7, 11) is -1.60. The Balaban J connectivity index is 2.13. The molecule has 7 heteroatoms. The van der Waals surface area contributed by atoms with Gasteiger partial charge in [0.15, 0.2) is 0 Å². The predicted molar refractivity (Wildman–Crippen MR) is 80.5 cm³/mol. The zero-order chi connectivity index (χ0) is 14.8. The quantitative estimate of drug-likeness (QED) is 0.834. The minimum Gasteiger partial charge on any atom is -0.381 e. The Morgan fingerprint density at radius 2 is 2.30 bits per heavy atom. The summed E-state index contributed by atoms with van der Waals surface area (Å²) in [5.41, 5.74) is 0. The second-order valence-electron chi connectivity index (χ2n) is 5.20. The largest absolute Gasteiger partial charge is 0.381 e. The van der Waals surface area contributed by atoms with Crippen LogP contribution in [0.5, 0.6) is 0 Å². The van der Waals surface area contributed by atoms with E-state index in [1.807, 2.05) is 20.9 Å². The molecule has 0 amide bonds. The van der Waals surface area contributed by atoms with Crippen LogP contribution in [0.3, 0.4) is 0 Å². The Labute approximate surface area is 124 Å². The number of sulfonamides is 1. The number of ether oxygens (including phenoxy) is 1. The van der Waals surface area contributed by atoms with Gasteiger partial charge in [-0.2, -0.15) is 0 Å². The van der Waals surface area contributed by atoms with Crippen LogP contribution in [0.1, 0.15) is 23.1 Å². The van der Waals surface area contributed by atoms with Crippen molar-refractivity contribution in [2.45, 2.75) is 37.8 Å². The van der Waals surface area contributed by atoms with E-state index in [1.54, 1.807) is 6.07 Å². The van der Waals surface area contributed by atoms with E-state index in [0.717, 1.165) is 22.8 Å². The summed E-state index contributed by atoms with van der Waals surface area (Å²) in [6, 6.07) is 1.66. The highest BCUT2D eigenvalue weighted by Crippen LogP contribution is 2.26. The number of aryl methyl sites for hydroxylation is 1. The van der Waals surface area contributed by atoms with Gasteiger partial charge in [-0.05, 0) is 33.4 Å². The lowest BCUT2D eigenvalue weighted by Gasteiger charge is -2.19. The molecule has 2 atom stereocenters. The Hall–Kier alpha value is -0.470. The molecule has 2 N–H and O–H groups in total. The third-order valence-corrected chi connectivity index (χ3v) is 6.44. The van der Waals surface area contributed by atoms with Gasteiger partial charge in [0.2, 0.25) is 10.0 Å². The van der Waals surface area contributed by atoms with Crippen molar-refractivity contribution in [3.05, 3.63) is 15.8 Å². The summed E-state index contributed by atoms with van der Waals surface area (Å²) < 4.78 is 33.1. The number of hydrogen-bond acceptors (Lipinski definition) is 5. The molecule has 0 bridgehead atoms. The van der Waals surface area contributed by atoms with Crippen LogP contribution >= 0.6 is 11.3 Å². The van der Waals surface area contributed by atoms with Crippen LogP contribution < -0.4 is 10.0 Å². The molecule has 114 valence electrons. The molecule has 1 aromatic heterocycles. The zero-order valence-electron chi connectivity index (χ0n) is 12.1. The number of nitrogens with one attached hydrogen (secondary N) is 2. The van der Waals surface area contributed by atoms with Gasteiger partial charge in [-0.25, -0.2) is 13.1 Å². The fraction of sp³-hybridized carbons (Fsp3) is 0.692. The minimum absolute atomic E-state index is 0.102. The van der Waals surface area contributed by atoms with E-state index in [1.165, 1.54) is 11.3 Å². The van der Waals surface area contributed by atoms with Crippen LogP contribution in [0.15, 0.2) is 11.0 Å². The van der Waals surface area contributed by atoms with E-state index < -0.39 is 10.0 Å². The fourth-order valence-corrected chi connectivity index (χ4v) is 5.36. The molecule has 20 heavy (non-hydrogen) atoms. The lowest BCUT2D eigenvalue weighted by Crippen LogP contribution is -2.38. The molecule has 0 spiro atoms. The molecule has 1 aliphatic heterocycles. The van der Waals surface area contributed by atoms with Crippen molar-refractivity contribution in [3.8, 4) is 0 Å². The Morgan fingerprint density at radius 1 is 1.55 bits per heavy atom. The van der Waals surface area contributed by atoms with Gasteiger partial charge in [0.05, 0.1) is 11.5 Å². The van der Waals surface area contributed by atoms with Crippen molar-refractivity contribution in [1.82, 2.24) is 10.0 Å². The first-order chi connectivity index (χ1) is 9.44. The van der Waals surface area contributed by atoms with Gasteiger partial charge in [-0.15, -0.1) is 11.3 Å². The number of thiophene rings is 1. The third kappa shape index (κ3) is 3.59. The molecule has 0 aliphatic carbocycles. The predicted octanol–water partition coefficient (Wildman–Crippen LogP) is 1.48. The van der Waals surface area contributed by atoms with Gasteiger partial charge < -0.3 is 10.1 Å². The SMILES string of the molecule is CNCc1cc(S(=O)(=O)NC(C)C2CCOC2)c(C)s1. The summed E-state index contributed by atoms with van der Waals surface area (Å²) in [6.45, 7) is 5.81. The van der Waals surface area contributed by atoms with Crippen LogP contribution in [-0.2, 0) is 21.3 Å². The summed E-state index contributed by atoms with van der Waals surface area (Å²) in [5, 5.41) is 3.04. The second kappa shape index (κ2) is 6.53. The lowest BCUT2D eigenvalue weighted by atomic mass is 10.0. The average molecular weight is 318 g/mol. The van der Waals surface area contributed by atoms with Crippen molar-refractivity contribution in [2.24, 2.45) is 5.92 Å². The molecule has 5 nitrogen and oxygen atoms in total. The topological polar surface area (TPSA) is 67.4 Å². The molecule has 2 heterocycles. The fourth-order valence-electron chi connectivity index (χ4n) is 2.40. The molecule has 1 aromatic rings. The van der Waals surface area contributed by atoms with E-state index >= 15 is 0 Å². The maximum Gasteiger partial charge on any atom is 0.241 e. The highest BCUT2D eigenvalue weighted by atomic mass is 32.2. The van der Waals surface area contributed by atoms with E-state index in [-0.39, 0.29) is 12.0 Å². The van der Waals surface area contributed by atoms with Crippen LogP contribution in [0.4, 0.5) is 0 Å². The van der Waals surface area contributed by atoms with E-state index in [0.29, 0.717) is 18.0 Å². The van der Waals surface area contributed by atoms with Gasteiger partial charge in [0.25, 0.3) is 0 Å². The normalized spacial score (nSPS) is 21.2. The van der Waals surface area contributed by atoms with Gasteiger partial charge in [0.1, 0.15) is 0 Å². The summed E-state index contributed by atoms with van der Waals surface area (Å²) in [6.07, 6.45) is 0.914. The van der Waals surface area contributed by atoms with Crippen LogP contribution in [0, 0.1) is 12.8 Å². The molecule has 2 unspecified atom stereocenters. The van der Waals surface area contributed by atoms with Gasteiger partial charge in [0, 0.05) is 34.9 Å². The van der Waals surface area contributed by atoms with Crippen molar-refractivity contribution >= 4 is 21.4 Å². The first-order valence-electron chi connectivity index (χ1n) is 6.78. The molecular weight excluding hydrogens is 296 g/mol. The first-order valence-corrected chi connectivity index (χ1v) is 9.08. The summed E-state index contributed by atoms with van der Waals surface area (Å²) >= 11 is 1.52. The first kappa shape index (κ1) is 15.9. The molecule has 0 aromatic carbocycles. The summed E-state index contributed by atoms with van der Waals surface area (Å²) in [4.78, 5) is 2.26. The molecule has 1 fully saturated rings. The van der Waals surface area contributed by atoms with E-state index in [9.17, 15) is 8.42 Å². The van der Waals surface area contributed by atoms with E-state index in [4.69, 9.17) is 4.74 Å². The van der Waals surface area contributed by atoms with Crippen LogP contribution in [0.25, 0.3) is 0 Å². The molecule has 2 rings (SSSR count). The zero-order valence-corrected chi connectivity index (χ0v) is 13.7. The van der Waals surface area contributed by atoms with E-state index in [2.05, 4.69) is 10.0 Å². The summed E-state index contributed by atoms with van der Waals surface area (Å²) in [5.74, 6) is 0.264. The molecule has 1 aliphatic rings. The minimum atomic E-state index is -3.45.